The zero-order valence-electron chi connectivity index (χ0n) is 11.8. The minimum Gasteiger partial charge on any atom is -0.490 e. The Morgan fingerprint density at radius 2 is 2.30 bits per heavy atom. The van der Waals surface area contributed by atoms with Gasteiger partial charge >= 0.3 is 0 Å². The number of hydrogen-bond donors (Lipinski definition) is 2. The average molecular weight is 275 g/mol. The second-order valence-corrected chi connectivity index (χ2v) is 5.71. The van der Waals surface area contributed by atoms with Crippen molar-refractivity contribution in [2.75, 3.05) is 31.2 Å². The third kappa shape index (κ3) is 2.58. The van der Waals surface area contributed by atoms with E-state index in [0.29, 0.717) is 30.5 Å². The molecule has 2 aliphatic heterocycles. The number of nitrogens with one attached hydrogen (secondary N) is 1. The molecule has 1 unspecified atom stereocenters. The number of piperidine rings is 1. The first-order valence-corrected chi connectivity index (χ1v) is 7.19. The standard InChI is InChI=1S/C15H21N3O2/c1-18-5-3-2-4-11(18)9-20-14-8-13-10(6-12(14)16)7-15(19)17-13/h6,8,11H,2-5,7,9,16H2,1H3,(H,17,19). The van der Waals surface area contributed by atoms with Gasteiger partial charge in [0.1, 0.15) is 12.4 Å². The summed E-state index contributed by atoms with van der Waals surface area (Å²) in [5.74, 6) is 0.688. The van der Waals surface area contributed by atoms with Gasteiger partial charge < -0.3 is 20.7 Å². The van der Waals surface area contributed by atoms with Gasteiger partial charge in [-0.15, -0.1) is 0 Å². The Hall–Kier alpha value is -1.75. The van der Waals surface area contributed by atoms with E-state index in [2.05, 4.69) is 17.3 Å². The van der Waals surface area contributed by atoms with Crippen LogP contribution in [0.25, 0.3) is 0 Å². The monoisotopic (exact) mass is 275 g/mol. The van der Waals surface area contributed by atoms with Gasteiger partial charge in [-0.05, 0) is 38.1 Å². The quantitative estimate of drug-likeness (QED) is 0.823. The molecule has 0 bridgehead atoms. The van der Waals surface area contributed by atoms with Crippen molar-refractivity contribution in [1.82, 2.24) is 4.90 Å². The smallest absolute Gasteiger partial charge is 0.228 e. The van der Waals surface area contributed by atoms with E-state index >= 15 is 0 Å². The lowest BCUT2D eigenvalue weighted by molar-refractivity contribution is -0.115. The van der Waals surface area contributed by atoms with E-state index in [1.807, 2.05) is 12.1 Å². The predicted molar refractivity (Wildman–Crippen MR) is 79.0 cm³/mol. The van der Waals surface area contributed by atoms with Gasteiger partial charge in [0.2, 0.25) is 5.91 Å². The average Bonchev–Trinajstić information content (AvgIpc) is 2.76. The van der Waals surface area contributed by atoms with Crippen molar-refractivity contribution in [2.24, 2.45) is 0 Å². The van der Waals surface area contributed by atoms with Gasteiger partial charge in [-0.3, -0.25) is 4.79 Å². The highest BCUT2D eigenvalue weighted by Crippen LogP contribution is 2.33. The lowest BCUT2D eigenvalue weighted by Crippen LogP contribution is -2.40. The maximum atomic E-state index is 11.4. The Morgan fingerprint density at radius 3 is 3.10 bits per heavy atom. The number of carbonyl (C=O) groups is 1. The van der Waals surface area contributed by atoms with Gasteiger partial charge in [0.25, 0.3) is 0 Å². The number of anilines is 2. The lowest BCUT2D eigenvalue weighted by atomic mass is 10.0. The Bertz CT molecular complexity index is 530. The normalized spacial score (nSPS) is 22.4. The number of likely N-dealkylation sites (tertiary alicyclic amines) is 1. The summed E-state index contributed by atoms with van der Waals surface area (Å²) in [6, 6.07) is 4.14. The van der Waals surface area contributed by atoms with Crippen LogP contribution in [0.4, 0.5) is 11.4 Å². The first-order chi connectivity index (χ1) is 9.63. The van der Waals surface area contributed by atoms with E-state index in [1.165, 1.54) is 12.8 Å². The van der Waals surface area contributed by atoms with E-state index in [-0.39, 0.29) is 5.91 Å². The van der Waals surface area contributed by atoms with Crippen molar-refractivity contribution in [1.29, 1.82) is 0 Å². The molecule has 0 aromatic heterocycles. The van der Waals surface area contributed by atoms with Crippen molar-refractivity contribution >= 4 is 17.3 Å². The number of carbonyl (C=O) groups excluding carboxylic acids is 1. The van der Waals surface area contributed by atoms with Crippen molar-refractivity contribution in [2.45, 2.75) is 31.7 Å². The summed E-state index contributed by atoms with van der Waals surface area (Å²) in [5, 5.41) is 2.83. The van der Waals surface area contributed by atoms with Crippen molar-refractivity contribution in [3.63, 3.8) is 0 Å². The highest BCUT2D eigenvalue weighted by atomic mass is 16.5. The van der Waals surface area contributed by atoms with Gasteiger partial charge in [0.05, 0.1) is 12.1 Å². The van der Waals surface area contributed by atoms with Crippen LogP contribution in [0, 0.1) is 0 Å². The lowest BCUT2D eigenvalue weighted by Gasteiger charge is -2.32. The van der Waals surface area contributed by atoms with Crippen LogP contribution in [-0.4, -0.2) is 37.0 Å². The zero-order valence-corrected chi connectivity index (χ0v) is 11.8. The Balaban J connectivity index is 1.69. The molecule has 5 nitrogen and oxygen atoms in total. The van der Waals surface area contributed by atoms with Gasteiger partial charge in [-0.25, -0.2) is 0 Å². The molecule has 0 radical (unpaired) electrons. The summed E-state index contributed by atoms with van der Waals surface area (Å²) in [5.41, 5.74) is 8.40. The Morgan fingerprint density at radius 1 is 1.45 bits per heavy atom. The van der Waals surface area contributed by atoms with E-state index in [1.54, 1.807) is 0 Å². The third-order valence-corrected chi connectivity index (χ3v) is 4.21. The molecule has 3 N–H and O–H groups in total. The van der Waals surface area contributed by atoms with E-state index in [4.69, 9.17) is 10.5 Å². The molecule has 5 heteroatoms. The molecule has 1 atom stereocenters. The second kappa shape index (κ2) is 5.32. The van der Waals surface area contributed by atoms with Crippen LogP contribution >= 0.6 is 0 Å². The zero-order chi connectivity index (χ0) is 14.1. The largest absolute Gasteiger partial charge is 0.490 e. The number of nitrogens with zero attached hydrogens (tertiary/aromatic N) is 1. The van der Waals surface area contributed by atoms with E-state index < -0.39 is 0 Å². The summed E-state index contributed by atoms with van der Waals surface area (Å²) in [7, 11) is 2.14. The fourth-order valence-electron chi connectivity index (χ4n) is 2.94. The number of rotatable bonds is 3. The number of likely N-dealkylation sites (N-methyl/N-ethyl adjacent to an activating group) is 1. The molecule has 0 aliphatic carbocycles. The highest BCUT2D eigenvalue weighted by molar-refractivity contribution is 6.00. The van der Waals surface area contributed by atoms with Gasteiger partial charge in [-0.1, -0.05) is 6.42 Å². The molecular formula is C15H21N3O2. The van der Waals surface area contributed by atoms with Crippen LogP contribution in [0.1, 0.15) is 24.8 Å². The summed E-state index contributed by atoms with van der Waals surface area (Å²) in [4.78, 5) is 13.7. The number of fused-ring (bicyclic) bond motifs is 1. The van der Waals surface area contributed by atoms with Crippen LogP contribution < -0.4 is 15.8 Å². The van der Waals surface area contributed by atoms with E-state index in [9.17, 15) is 4.79 Å². The summed E-state index contributed by atoms with van der Waals surface area (Å²) in [6.45, 7) is 1.77. The molecule has 0 saturated carbocycles. The third-order valence-electron chi connectivity index (χ3n) is 4.21. The summed E-state index contributed by atoms with van der Waals surface area (Å²) < 4.78 is 5.89. The number of amides is 1. The minimum atomic E-state index is 0.0172. The molecule has 1 fully saturated rings. The van der Waals surface area contributed by atoms with Gasteiger partial charge in [0.15, 0.2) is 0 Å². The molecule has 1 saturated heterocycles. The SMILES string of the molecule is CN1CCCCC1COc1cc2c(cc1N)CC(=O)N2. The second-order valence-electron chi connectivity index (χ2n) is 5.71. The van der Waals surface area contributed by atoms with Crippen molar-refractivity contribution < 1.29 is 9.53 Å². The van der Waals surface area contributed by atoms with Crippen molar-refractivity contribution in [3.8, 4) is 5.75 Å². The number of benzene rings is 1. The maximum Gasteiger partial charge on any atom is 0.228 e. The Labute approximate surface area is 119 Å². The van der Waals surface area contributed by atoms with Crippen LogP contribution in [0.15, 0.2) is 12.1 Å². The molecule has 108 valence electrons. The molecular weight excluding hydrogens is 254 g/mol. The van der Waals surface area contributed by atoms with Crippen molar-refractivity contribution in [3.05, 3.63) is 17.7 Å². The van der Waals surface area contributed by atoms with Crippen LogP contribution in [-0.2, 0) is 11.2 Å². The Kier molecular flexibility index (Phi) is 3.53. The molecule has 1 aromatic rings. The number of hydrogen-bond acceptors (Lipinski definition) is 4. The maximum absolute atomic E-state index is 11.4. The fourth-order valence-corrected chi connectivity index (χ4v) is 2.94. The minimum absolute atomic E-state index is 0.0172. The van der Waals surface area contributed by atoms with E-state index in [0.717, 1.165) is 24.2 Å². The first kappa shape index (κ1) is 13.2. The molecule has 2 aliphatic rings. The molecule has 1 amide bonds. The number of nitrogen functional groups attached to an aromatic ring is 1. The fraction of sp³-hybridized carbons (Fsp3) is 0.533. The number of ether oxygens (including phenoxy) is 1. The molecule has 3 rings (SSSR count). The van der Waals surface area contributed by atoms with Gasteiger partial charge in [0, 0.05) is 17.8 Å². The van der Waals surface area contributed by atoms with Crippen LogP contribution in [0.5, 0.6) is 5.75 Å². The molecule has 1 aromatic carbocycles. The van der Waals surface area contributed by atoms with Crippen LogP contribution in [0.2, 0.25) is 0 Å². The summed E-state index contributed by atoms with van der Waals surface area (Å²) >= 11 is 0. The number of nitrogens with two attached hydrogens (primary N) is 1. The molecule has 0 spiro atoms. The van der Waals surface area contributed by atoms with Gasteiger partial charge in [-0.2, -0.15) is 0 Å². The highest BCUT2D eigenvalue weighted by Gasteiger charge is 2.22. The predicted octanol–water partition coefficient (Wildman–Crippen LogP) is 1.63. The molecule has 2 heterocycles. The molecule has 20 heavy (non-hydrogen) atoms. The topological polar surface area (TPSA) is 67.6 Å². The first-order valence-electron chi connectivity index (χ1n) is 7.19. The van der Waals surface area contributed by atoms with Crippen LogP contribution in [0.3, 0.4) is 0 Å². The summed E-state index contributed by atoms with van der Waals surface area (Å²) in [6.07, 6.45) is 4.09.